The summed E-state index contributed by atoms with van der Waals surface area (Å²) in [6.07, 6.45) is 0.540. The molecule has 0 saturated heterocycles. The topological polar surface area (TPSA) is 73.1 Å². The van der Waals surface area contributed by atoms with E-state index in [1.54, 1.807) is 61.6 Å². The molecule has 1 amide bonds. The molecule has 0 saturated carbocycles. The number of amides is 1. The number of carbonyl (C=O) groups excluding carboxylic acids is 1. The fourth-order valence-corrected chi connectivity index (χ4v) is 4.40. The van der Waals surface area contributed by atoms with Crippen molar-refractivity contribution >= 4 is 40.0 Å². The molecule has 33 heavy (non-hydrogen) atoms. The van der Waals surface area contributed by atoms with Crippen LogP contribution in [0.2, 0.25) is 10.0 Å². The maximum absolute atomic E-state index is 13.0. The van der Waals surface area contributed by atoms with Crippen molar-refractivity contribution in [1.82, 2.24) is 14.5 Å². The number of nitrogens with zero attached hydrogens (tertiary/aromatic N) is 2. The molecule has 0 spiro atoms. The van der Waals surface area contributed by atoms with Crippen LogP contribution in [-0.2, 0) is 13.5 Å². The normalized spacial score (nSPS) is 12.0. The summed E-state index contributed by atoms with van der Waals surface area (Å²) in [5, 5.41) is 3.95. The van der Waals surface area contributed by atoms with Gasteiger partial charge in [0.05, 0.1) is 32.2 Å². The van der Waals surface area contributed by atoms with Crippen LogP contribution in [0.4, 0.5) is 0 Å². The first-order chi connectivity index (χ1) is 15.8. The summed E-state index contributed by atoms with van der Waals surface area (Å²) < 4.78 is 2.62. The summed E-state index contributed by atoms with van der Waals surface area (Å²) in [4.78, 5) is 38.4. The van der Waals surface area contributed by atoms with E-state index in [1.807, 2.05) is 19.1 Å². The third-order valence-electron chi connectivity index (χ3n) is 5.48. The molecule has 1 heterocycles. The van der Waals surface area contributed by atoms with E-state index in [0.29, 0.717) is 33.1 Å². The van der Waals surface area contributed by atoms with Crippen LogP contribution in [0.25, 0.3) is 16.6 Å². The Morgan fingerprint density at radius 2 is 1.58 bits per heavy atom. The summed E-state index contributed by atoms with van der Waals surface area (Å²) in [5.41, 5.74) is 1.47. The summed E-state index contributed by atoms with van der Waals surface area (Å²) >= 11 is 12.2. The molecule has 1 aromatic heterocycles. The fourth-order valence-electron chi connectivity index (χ4n) is 3.83. The Labute approximate surface area is 200 Å². The third-order valence-corrected chi connectivity index (χ3v) is 6.11. The number of para-hydroxylation sites is 1. The Hall–Kier alpha value is -3.35. The van der Waals surface area contributed by atoms with Crippen molar-refractivity contribution in [1.29, 1.82) is 0 Å². The number of halogens is 2. The van der Waals surface area contributed by atoms with Crippen LogP contribution >= 0.6 is 23.2 Å². The summed E-state index contributed by atoms with van der Waals surface area (Å²) in [7, 11) is 1.64. The lowest BCUT2D eigenvalue weighted by atomic mass is 10.1. The van der Waals surface area contributed by atoms with Gasteiger partial charge in [0.1, 0.15) is 0 Å². The zero-order chi connectivity index (χ0) is 23.7. The number of hydrogen-bond donors (Lipinski definition) is 1. The number of rotatable bonds is 5. The van der Waals surface area contributed by atoms with Crippen LogP contribution in [0.1, 0.15) is 22.8 Å². The molecular formula is C25H21Cl2N3O3. The standard InChI is InChI=1S/C25H21Cl2N3O3/c1-15(28-23(31)22-19(26)7-5-8-20(22)27)14-16-10-12-17(13-11-16)30-24(32)18-6-3-4-9-21(18)29(2)25(30)33/h3-13,15H,14H2,1-2H3,(H,28,31). The van der Waals surface area contributed by atoms with Crippen molar-refractivity contribution in [3.8, 4) is 5.69 Å². The van der Waals surface area contributed by atoms with E-state index in [1.165, 1.54) is 4.57 Å². The van der Waals surface area contributed by atoms with E-state index in [9.17, 15) is 14.4 Å². The number of hydrogen-bond acceptors (Lipinski definition) is 3. The molecule has 4 aromatic rings. The quantitative estimate of drug-likeness (QED) is 0.460. The largest absolute Gasteiger partial charge is 0.349 e. The van der Waals surface area contributed by atoms with Crippen LogP contribution in [0.3, 0.4) is 0 Å². The molecule has 0 aliphatic carbocycles. The lowest BCUT2D eigenvalue weighted by Gasteiger charge is -2.16. The van der Waals surface area contributed by atoms with Crippen molar-refractivity contribution in [2.45, 2.75) is 19.4 Å². The molecule has 8 heteroatoms. The van der Waals surface area contributed by atoms with E-state index in [4.69, 9.17) is 23.2 Å². The Balaban J connectivity index is 1.56. The molecule has 0 fully saturated rings. The number of aryl methyl sites for hydroxylation is 1. The second kappa shape index (κ2) is 9.25. The Morgan fingerprint density at radius 3 is 2.24 bits per heavy atom. The number of carbonyl (C=O) groups is 1. The van der Waals surface area contributed by atoms with Crippen molar-refractivity contribution in [3.63, 3.8) is 0 Å². The molecule has 6 nitrogen and oxygen atoms in total. The van der Waals surface area contributed by atoms with Crippen molar-refractivity contribution < 1.29 is 4.79 Å². The van der Waals surface area contributed by atoms with Gasteiger partial charge in [-0.25, -0.2) is 9.36 Å². The zero-order valence-corrected chi connectivity index (χ0v) is 19.5. The average molecular weight is 482 g/mol. The highest BCUT2D eigenvalue weighted by Gasteiger charge is 2.17. The number of aromatic nitrogens is 2. The minimum atomic E-state index is -0.413. The predicted molar refractivity (Wildman–Crippen MR) is 132 cm³/mol. The minimum Gasteiger partial charge on any atom is -0.349 e. The first kappa shape index (κ1) is 22.8. The van der Waals surface area contributed by atoms with Gasteiger partial charge >= 0.3 is 5.69 Å². The van der Waals surface area contributed by atoms with E-state index in [2.05, 4.69) is 5.32 Å². The van der Waals surface area contributed by atoms with Gasteiger partial charge < -0.3 is 5.32 Å². The van der Waals surface area contributed by atoms with Crippen LogP contribution in [0.15, 0.2) is 76.3 Å². The highest BCUT2D eigenvalue weighted by Crippen LogP contribution is 2.24. The van der Waals surface area contributed by atoms with Crippen LogP contribution in [0.5, 0.6) is 0 Å². The average Bonchev–Trinajstić information content (AvgIpc) is 2.78. The van der Waals surface area contributed by atoms with Gasteiger partial charge in [0.2, 0.25) is 0 Å². The van der Waals surface area contributed by atoms with Crippen molar-refractivity contribution in [2.24, 2.45) is 7.05 Å². The Kier molecular flexibility index (Phi) is 6.40. The van der Waals surface area contributed by atoms with E-state index < -0.39 is 5.69 Å². The van der Waals surface area contributed by atoms with Crippen molar-refractivity contribution in [2.75, 3.05) is 0 Å². The highest BCUT2D eigenvalue weighted by atomic mass is 35.5. The van der Waals surface area contributed by atoms with E-state index >= 15 is 0 Å². The molecule has 0 aliphatic heterocycles. The lowest BCUT2D eigenvalue weighted by molar-refractivity contribution is 0.0940. The van der Waals surface area contributed by atoms with Gasteiger partial charge in [0.15, 0.2) is 0 Å². The first-order valence-corrected chi connectivity index (χ1v) is 11.1. The lowest BCUT2D eigenvalue weighted by Crippen LogP contribution is -2.37. The van der Waals surface area contributed by atoms with Gasteiger partial charge in [-0.3, -0.25) is 14.2 Å². The number of nitrogens with one attached hydrogen (secondary N) is 1. The van der Waals surface area contributed by atoms with Gasteiger partial charge in [-0.1, -0.05) is 53.5 Å². The van der Waals surface area contributed by atoms with Crippen LogP contribution in [-0.4, -0.2) is 21.1 Å². The SMILES string of the molecule is CC(Cc1ccc(-n2c(=O)c3ccccc3n(C)c2=O)cc1)NC(=O)c1c(Cl)cccc1Cl. The van der Waals surface area contributed by atoms with E-state index in [0.717, 1.165) is 10.1 Å². The van der Waals surface area contributed by atoms with Crippen LogP contribution < -0.4 is 16.6 Å². The summed E-state index contributed by atoms with van der Waals surface area (Å²) in [5.74, 6) is -0.346. The van der Waals surface area contributed by atoms with Crippen LogP contribution in [0, 0.1) is 0 Å². The van der Waals surface area contributed by atoms with Gasteiger partial charge in [-0.15, -0.1) is 0 Å². The van der Waals surface area contributed by atoms with Gasteiger partial charge in [0.25, 0.3) is 11.5 Å². The zero-order valence-electron chi connectivity index (χ0n) is 18.0. The van der Waals surface area contributed by atoms with E-state index in [-0.39, 0.29) is 23.1 Å². The molecule has 4 rings (SSSR count). The van der Waals surface area contributed by atoms with Gasteiger partial charge in [-0.2, -0.15) is 0 Å². The second-order valence-corrected chi connectivity index (χ2v) is 8.66. The van der Waals surface area contributed by atoms with Gasteiger partial charge in [0, 0.05) is 13.1 Å². The number of benzene rings is 3. The smallest absolute Gasteiger partial charge is 0.335 e. The fraction of sp³-hybridized carbons (Fsp3) is 0.160. The molecule has 1 unspecified atom stereocenters. The summed E-state index contributed by atoms with van der Waals surface area (Å²) in [6.45, 7) is 1.88. The predicted octanol–water partition coefficient (Wildman–Crippen LogP) is 4.36. The Morgan fingerprint density at radius 1 is 0.939 bits per heavy atom. The molecule has 0 bridgehead atoms. The monoisotopic (exact) mass is 481 g/mol. The highest BCUT2D eigenvalue weighted by molar-refractivity contribution is 6.39. The first-order valence-electron chi connectivity index (χ1n) is 10.3. The molecule has 0 aliphatic rings. The maximum Gasteiger partial charge on any atom is 0.335 e. The Bertz CT molecular complexity index is 1450. The molecular weight excluding hydrogens is 461 g/mol. The third kappa shape index (κ3) is 4.45. The molecule has 1 N–H and O–H groups in total. The number of fused-ring (bicyclic) bond motifs is 1. The van der Waals surface area contributed by atoms with Crippen molar-refractivity contribution in [3.05, 3.63) is 109 Å². The molecule has 1 atom stereocenters. The van der Waals surface area contributed by atoms with Gasteiger partial charge in [-0.05, 0) is 55.3 Å². The minimum absolute atomic E-state index is 0.202. The maximum atomic E-state index is 13.0. The molecule has 168 valence electrons. The molecule has 0 radical (unpaired) electrons. The summed E-state index contributed by atoms with van der Waals surface area (Å²) in [6, 6.07) is 18.9. The molecule has 3 aromatic carbocycles. The second-order valence-electron chi connectivity index (χ2n) is 7.84.